The Kier molecular flexibility index (Phi) is 4.67. The Morgan fingerprint density at radius 3 is 2.73 bits per heavy atom. The summed E-state index contributed by atoms with van der Waals surface area (Å²) >= 11 is 0. The second kappa shape index (κ2) is 6.69. The summed E-state index contributed by atoms with van der Waals surface area (Å²) in [6.45, 7) is 9.18. The van der Waals surface area contributed by atoms with Gasteiger partial charge in [0.2, 0.25) is 5.91 Å². The van der Waals surface area contributed by atoms with Gasteiger partial charge in [0.15, 0.2) is 0 Å². The predicted molar refractivity (Wildman–Crippen MR) is 90.3 cm³/mol. The number of hydrogen-bond donors (Lipinski definition) is 1. The molecule has 2 aliphatic heterocycles. The minimum atomic E-state index is 0.166. The molecule has 0 aromatic heterocycles. The Bertz CT molecular complexity index is 523. The van der Waals surface area contributed by atoms with Crippen molar-refractivity contribution in [2.24, 2.45) is 0 Å². The fourth-order valence-electron chi connectivity index (χ4n) is 3.71. The lowest BCUT2D eigenvalue weighted by Crippen LogP contribution is -2.47. The number of likely N-dealkylation sites (tertiary alicyclic amines) is 1. The van der Waals surface area contributed by atoms with E-state index in [-0.39, 0.29) is 5.91 Å². The number of benzene rings is 1. The average molecular weight is 301 g/mol. The molecule has 1 amide bonds. The Balaban J connectivity index is 1.53. The van der Waals surface area contributed by atoms with Crippen LogP contribution in [0.5, 0.6) is 0 Å². The molecule has 0 saturated carbocycles. The Labute approximate surface area is 133 Å². The van der Waals surface area contributed by atoms with Crippen LogP contribution in [-0.4, -0.2) is 49.6 Å². The number of carbonyl (C=O) groups is 1. The molecule has 1 aromatic carbocycles. The van der Waals surface area contributed by atoms with Crippen LogP contribution in [0, 0.1) is 0 Å². The molecule has 0 spiro atoms. The number of nitrogens with one attached hydrogen (secondary N) is 1. The third-order valence-corrected chi connectivity index (χ3v) is 5.04. The van der Waals surface area contributed by atoms with Crippen molar-refractivity contribution in [3.05, 3.63) is 29.8 Å². The van der Waals surface area contributed by atoms with Crippen molar-refractivity contribution in [1.82, 2.24) is 10.2 Å². The van der Waals surface area contributed by atoms with Crippen molar-refractivity contribution in [2.75, 3.05) is 37.6 Å². The lowest BCUT2D eigenvalue weighted by molar-refractivity contribution is -0.120. The quantitative estimate of drug-likeness (QED) is 0.926. The highest BCUT2D eigenvalue weighted by molar-refractivity contribution is 5.82. The minimum Gasteiger partial charge on any atom is -0.361 e. The number of para-hydroxylation sites is 1. The second-order valence-electron chi connectivity index (χ2n) is 6.62. The minimum absolute atomic E-state index is 0.166. The van der Waals surface area contributed by atoms with Gasteiger partial charge in [-0.05, 0) is 31.0 Å². The van der Waals surface area contributed by atoms with E-state index in [1.54, 1.807) is 0 Å². The zero-order valence-corrected chi connectivity index (χ0v) is 13.7. The summed E-state index contributed by atoms with van der Waals surface area (Å²) in [6, 6.07) is 8.80. The molecular formula is C18H27N3O. The van der Waals surface area contributed by atoms with Crippen molar-refractivity contribution < 1.29 is 4.79 Å². The van der Waals surface area contributed by atoms with Gasteiger partial charge in [-0.2, -0.15) is 0 Å². The molecule has 0 radical (unpaired) electrons. The normalized spacial score (nSPS) is 22.6. The summed E-state index contributed by atoms with van der Waals surface area (Å²) in [6.07, 6.45) is 2.15. The number of fused-ring (bicyclic) bond motifs is 1. The fraction of sp³-hybridized carbons (Fsp3) is 0.611. The van der Waals surface area contributed by atoms with E-state index >= 15 is 0 Å². The predicted octanol–water partition coefficient (Wildman–Crippen LogP) is 2.21. The zero-order chi connectivity index (χ0) is 15.5. The molecule has 1 fully saturated rings. The summed E-state index contributed by atoms with van der Waals surface area (Å²) in [5, 5.41) is 3.23. The van der Waals surface area contributed by atoms with Crippen LogP contribution in [0.4, 0.5) is 5.69 Å². The van der Waals surface area contributed by atoms with Crippen LogP contribution in [0.25, 0.3) is 0 Å². The first-order valence-electron chi connectivity index (χ1n) is 8.53. The maximum Gasteiger partial charge on any atom is 0.239 e. The van der Waals surface area contributed by atoms with E-state index < -0.39 is 0 Å². The van der Waals surface area contributed by atoms with Gasteiger partial charge in [0.25, 0.3) is 0 Å². The highest BCUT2D eigenvalue weighted by atomic mass is 16.2. The molecule has 4 nitrogen and oxygen atoms in total. The van der Waals surface area contributed by atoms with Gasteiger partial charge >= 0.3 is 0 Å². The van der Waals surface area contributed by atoms with Crippen LogP contribution in [0.2, 0.25) is 0 Å². The van der Waals surface area contributed by atoms with Crippen molar-refractivity contribution in [3.8, 4) is 0 Å². The van der Waals surface area contributed by atoms with Crippen LogP contribution in [0.15, 0.2) is 24.3 Å². The highest BCUT2D eigenvalue weighted by Gasteiger charge is 2.27. The van der Waals surface area contributed by atoms with Gasteiger partial charge in [-0.15, -0.1) is 0 Å². The van der Waals surface area contributed by atoms with Gasteiger partial charge in [-0.3, -0.25) is 4.79 Å². The van der Waals surface area contributed by atoms with Crippen molar-refractivity contribution in [3.63, 3.8) is 0 Å². The summed E-state index contributed by atoms with van der Waals surface area (Å²) < 4.78 is 0. The van der Waals surface area contributed by atoms with Crippen molar-refractivity contribution in [1.29, 1.82) is 0 Å². The largest absolute Gasteiger partial charge is 0.361 e. The number of nitrogens with zero attached hydrogens (tertiary/aromatic N) is 2. The van der Waals surface area contributed by atoms with Crippen molar-refractivity contribution in [2.45, 2.75) is 38.6 Å². The molecule has 0 aliphatic carbocycles. The SMILES string of the molecule is CCN1CCC(NC(=O)CN2CC(C)c3ccccc32)CC1. The summed E-state index contributed by atoms with van der Waals surface area (Å²) in [7, 11) is 0. The van der Waals surface area contributed by atoms with E-state index in [4.69, 9.17) is 0 Å². The molecule has 22 heavy (non-hydrogen) atoms. The number of piperidine rings is 1. The van der Waals surface area contributed by atoms with Crippen LogP contribution >= 0.6 is 0 Å². The molecule has 1 N–H and O–H groups in total. The molecule has 1 unspecified atom stereocenters. The fourth-order valence-corrected chi connectivity index (χ4v) is 3.71. The number of anilines is 1. The molecule has 4 heteroatoms. The number of amides is 1. The second-order valence-corrected chi connectivity index (χ2v) is 6.62. The van der Waals surface area contributed by atoms with Crippen LogP contribution in [-0.2, 0) is 4.79 Å². The number of rotatable bonds is 4. The molecule has 3 rings (SSSR count). The highest BCUT2D eigenvalue weighted by Crippen LogP contribution is 2.35. The van der Waals surface area contributed by atoms with Crippen LogP contribution in [0.3, 0.4) is 0 Å². The first-order valence-corrected chi connectivity index (χ1v) is 8.53. The lowest BCUT2D eigenvalue weighted by atomic mass is 10.0. The van der Waals surface area contributed by atoms with Gasteiger partial charge in [0, 0.05) is 37.3 Å². The molecular weight excluding hydrogens is 274 g/mol. The number of carbonyl (C=O) groups excluding carboxylic acids is 1. The Hall–Kier alpha value is -1.55. The van der Waals surface area contributed by atoms with Crippen LogP contribution < -0.4 is 10.2 Å². The summed E-state index contributed by atoms with van der Waals surface area (Å²) in [4.78, 5) is 17.0. The maximum absolute atomic E-state index is 12.4. The molecule has 1 aromatic rings. The maximum atomic E-state index is 12.4. The Morgan fingerprint density at radius 2 is 2.00 bits per heavy atom. The third-order valence-electron chi connectivity index (χ3n) is 5.04. The topological polar surface area (TPSA) is 35.6 Å². The van der Waals surface area contributed by atoms with E-state index in [1.165, 1.54) is 11.3 Å². The molecule has 2 aliphatic rings. The van der Waals surface area contributed by atoms with E-state index in [0.29, 0.717) is 18.5 Å². The van der Waals surface area contributed by atoms with Gasteiger partial charge in [0.1, 0.15) is 0 Å². The van der Waals surface area contributed by atoms with E-state index in [9.17, 15) is 4.79 Å². The summed E-state index contributed by atoms with van der Waals surface area (Å²) in [5.41, 5.74) is 2.59. The lowest BCUT2D eigenvalue weighted by Gasteiger charge is -2.32. The molecule has 2 heterocycles. The van der Waals surface area contributed by atoms with Gasteiger partial charge < -0.3 is 15.1 Å². The third kappa shape index (κ3) is 3.27. The summed E-state index contributed by atoms with van der Waals surface area (Å²) in [5.74, 6) is 0.677. The van der Waals surface area contributed by atoms with Gasteiger partial charge in [-0.25, -0.2) is 0 Å². The standard InChI is InChI=1S/C18H27N3O/c1-3-20-10-8-15(9-11-20)19-18(22)13-21-12-14(2)16-6-4-5-7-17(16)21/h4-7,14-15H,3,8-13H2,1-2H3,(H,19,22). The van der Waals surface area contributed by atoms with Crippen LogP contribution in [0.1, 0.15) is 38.2 Å². The van der Waals surface area contributed by atoms with Gasteiger partial charge in [-0.1, -0.05) is 32.0 Å². The Morgan fingerprint density at radius 1 is 1.27 bits per heavy atom. The number of hydrogen-bond acceptors (Lipinski definition) is 3. The van der Waals surface area contributed by atoms with E-state index in [2.05, 4.69) is 53.2 Å². The molecule has 120 valence electrons. The zero-order valence-electron chi connectivity index (χ0n) is 13.7. The van der Waals surface area contributed by atoms with E-state index in [0.717, 1.165) is 39.0 Å². The molecule has 0 bridgehead atoms. The average Bonchev–Trinajstić information content (AvgIpc) is 2.85. The molecule has 1 atom stereocenters. The first kappa shape index (κ1) is 15.3. The smallest absolute Gasteiger partial charge is 0.239 e. The monoisotopic (exact) mass is 301 g/mol. The molecule has 1 saturated heterocycles. The van der Waals surface area contributed by atoms with Gasteiger partial charge in [0.05, 0.1) is 6.54 Å². The first-order chi connectivity index (χ1) is 10.7. The van der Waals surface area contributed by atoms with Crippen molar-refractivity contribution >= 4 is 11.6 Å². The van der Waals surface area contributed by atoms with E-state index in [1.807, 2.05) is 0 Å².